The second kappa shape index (κ2) is 12.2. The quantitative estimate of drug-likeness (QED) is 0.288. The number of benzene rings is 2. The van der Waals surface area contributed by atoms with Crippen molar-refractivity contribution in [2.45, 2.75) is 20.3 Å². The molecule has 0 heterocycles. The van der Waals surface area contributed by atoms with Crippen LogP contribution in [0.25, 0.3) is 0 Å². The summed E-state index contributed by atoms with van der Waals surface area (Å²) in [5.41, 5.74) is 3.02. The monoisotopic (exact) mass is 424 g/mol. The first-order valence-electron chi connectivity index (χ1n) is 9.94. The molecule has 0 aliphatic rings. The van der Waals surface area contributed by atoms with Gasteiger partial charge in [0.15, 0.2) is 0 Å². The molecule has 2 rings (SSSR count). The summed E-state index contributed by atoms with van der Waals surface area (Å²) in [7, 11) is 0. The van der Waals surface area contributed by atoms with Gasteiger partial charge >= 0.3 is 11.9 Å². The van der Waals surface area contributed by atoms with Gasteiger partial charge in [0.1, 0.15) is 37.9 Å². The highest BCUT2D eigenvalue weighted by molar-refractivity contribution is 5.87. The van der Waals surface area contributed by atoms with Crippen LogP contribution >= 0.6 is 0 Å². The van der Waals surface area contributed by atoms with Gasteiger partial charge in [0.25, 0.3) is 0 Å². The van der Waals surface area contributed by atoms with Gasteiger partial charge in [-0.15, -0.1) is 0 Å². The number of hydrogen-bond acceptors (Lipinski definition) is 6. The van der Waals surface area contributed by atoms with Gasteiger partial charge < -0.3 is 18.9 Å². The minimum absolute atomic E-state index is 0.179. The third-order valence-electron chi connectivity index (χ3n) is 4.12. The summed E-state index contributed by atoms with van der Waals surface area (Å²) in [5, 5.41) is 0. The van der Waals surface area contributed by atoms with E-state index in [1.54, 1.807) is 13.8 Å². The van der Waals surface area contributed by atoms with Crippen LogP contribution in [0.4, 0.5) is 0 Å². The molecule has 2 aromatic carbocycles. The second-order valence-corrected chi connectivity index (χ2v) is 6.99. The average Bonchev–Trinajstić information content (AvgIpc) is 2.76. The summed E-state index contributed by atoms with van der Waals surface area (Å²) in [6.07, 6.45) is 0.771. The molecule has 6 nitrogen and oxygen atoms in total. The molecule has 164 valence electrons. The SMILES string of the molecule is C=C(C)C(=O)OCCOc1ccc(Cc2ccc(OCCOC(=O)C(=C)C)cc2)cc1. The lowest BCUT2D eigenvalue weighted by molar-refractivity contribution is -0.140. The molecule has 6 heteroatoms. The highest BCUT2D eigenvalue weighted by atomic mass is 16.6. The normalized spacial score (nSPS) is 10.1. The van der Waals surface area contributed by atoms with Crippen LogP contribution in [0, 0.1) is 0 Å². The van der Waals surface area contributed by atoms with E-state index in [0.29, 0.717) is 22.6 Å². The minimum atomic E-state index is -0.415. The van der Waals surface area contributed by atoms with Crippen molar-refractivity contribution >= 4 is 11.9 Å². The zero-order valence-corrected chi connectivity index (χ0v) is 18.0. The lowest BCUT2D eigenvalue weighted by Crippen LogP contribution is -2.12. The van der Waals surface area contributed by atoms with Crippen LogP contribution in [0.5, 0.6) is 11.5 Å². The third kappa shape index (κ3) is 8.78. The molecule has 2 aromatic rings. The molecule has 0 bridgehead atoms. The Labute approximate surface area is 183 Å². The highest BCUT2D eigenvalue weighted by Crippen LogP contribution is 2.18. The van der Waals surface area contributed by atoms with Crippen molar-refractivity contribution in [1.29, 1.82) is 0 Å². The molecular weight excluding hydrogens is 396 g/mol. The highest BCUT2D eigenvalue weighted by Gasteiger charge is 2.04. The molecule has 0 atom stereocenters. The largest absolute Gasteiger partial charge is 0.490 e. The first kappa shape index (κ1) is 23.7. The third-order valence-corrected chi connectivity index (χ3v) is 4.12. The number of carbonyl (C=O) groups is 2. The van der Waals surface area contributed by atoms with Crippen LogP contribution < -0.4 is 9.47 Å². The number of rotatable bonds is 12. The Hall–Kier alpha value is -3.54. The number of carbonyl (C=O) groups excluding carboxylic acids is 2. The van der Waals surface area contributed by atoms with Crippen LogP contribution in [-0.2, 0) is 25.5 Å². The fraction of sp³-hybridized carbons (Fsp3) is 0.280. The Kier molecular flexibility index (Phi) is 9.36. The van der Waals surface area contributed by atoms with Crippen LogP contribution in [0.15, 0.2) is 72.8 Å². The Bertz CT molecular complexity index is 821. The number of ether oxygens (including phenoxy) is 4. The Morgan fingerprint density at radius 3 is 1.32 bits per heavy atom. The zero-order valence-electron chi connectivity index (χ0n) is 18.0. The Balaban J connectivity index is 1.72. The van der Waals surface area contributed by atoms with E-state index in [1.807, 2.05) is 48.5 Å². The van der Waals surface area contributed by atoms with Crippen molar-refractivity contribution in [3.05, 3.63) is 84.0 Å². The summed E-state index contributed by atoms with van der Waals surface area (Å²) < 4.78 is 21.1. The van der Waals surface area contributed by atoms with Crippen molar-refractivity contribution in [3.63, 3.8) is 0 Å². The lowest BCUT2D eigenvalue weighted by Gasteiger charge is -2.09. The molecular formula is C25H28O6. The Morgan fingerprint density at radius 1 is 0.645 bits per heavy atom. The topological polar surface area (TPSA) is 71.1 Å². The van der Waals surface area contributed by atoms with E-state index < -0.39 is 11.9 Å². The number of esters is 2. The van der Waals surface area contributed by atoms with E-state index in [0.717, 1.165) is 17.5 Å². The maximum atomic E-state index is 11.3. The summed E-state index contributed by atoms with van der Waals surface area (Å²) >= 11 is 0. The zero-order chi connectivity index (χ0) is 22.6. The predicted molar refractivity (Wildman–Crippen MR) is 118 cm³/mol. The summed E-state index contributed by atoms with van der Waals surface area (Å²) in [6, 6.07) is 15.5. The molecule has 0 spiro atoms. The maximum Gasteiger partial charge on any atom is 0.333 e. The van der Waals surface area contributed by atoms with Crippen molar-refractivity contribution in [1.82, 2.24) is 0 Å². The van der Waals surface area contributed by atoms with Crippen molar-refractivity contribution in [2.24, 2.45) is 0 Å². The predicted octanol–water partition coefficient (Wildman–Crippen LogP) is 4.27. The van der Waals surface area contributed by atoms with E-state index in [9.17, 15) is 9.59 Å². The van der Waals surface area contributed by atoms with Gasteiger partial charge in [0, 0.05) is 11.1 Å². The summed E-state index contributed by atoms with van der Waals surface area (Å²) in [4.78, 5) is 22.6. The molecule has 0 saturated heterocycles. The Morgan fingerprint density at radius 2 is 1.00 bits per heavy atom. The molecule has 31 heavy (non-hydrogen) atoms. The van der Waals surface area contributed by atoms with Gasteiger partial charge in [0.2, 0.25) is 0 Å². The summed E-state index contributed by atoms with van der Waals surface area (Å²) in [5.74, 6) is 0.598. The molecule has 0 aliphatic heterocycles. The number of hydrogen-bond donors (Lipinski definition) is 0. The van der Waals surface area contributed by atoms with Crippen LogP contribution in [0.2, 0.25) is 0 Å². The second-order valence-electron chi connectivity index (χ2n) is 6.99. The van der Waals surface area contributed by atoms with Gasteiger partial charge in [-0.05, 0) is 55.7 Å². The van der Waals surface area contributed by atoms with Gasteiger partial charge in [-0.1, -0.05) is 37.4 Å². The van der Waals surface area contributed by atoms with Gasteiger partial charge in [-0.25, -0.2) is 9.59 Å². The maximum absolute atomic E-state index is 11.3. The molecule has 0 aromatic heterocycles. The molecule has 0 N–H and O–H groups in total. The van der Waals surface area contributed by atoms with Crippen LogP contribution in [0.3, 0.4) is 0 Å². The molecule has 0 amide bonds. The van der Waals surface area contributed by atoms with E-state index >= 15 is 0 Å². The van der Waals surface area contributed by atoms with Crippen molar-refractivity contribution in [3.8, 4) is 11.5 Å². The van der Waals surface area contributed by atoms with E-state index in [2.05, 4.69) is 13.2 Å². The standard InChI is InChI=1S/C25H28O6/c1-18(2)24(26)30-15-13-28-22-9-5-20(6-10-22)17-21-7-11-23(12-8-21)29-14-16-31-25(27)19(3)4/h5-12H,1,3,13-17H2,2,4H3. The van der Waals surface area contributed by atoms with Gasteiger partial charge in [-0.3, -0.25) is 0 Å². The van der Waals surface area contributed by atoms with Crippen LogP contribution in [-0.4, -0.2) is 38.4 Å². The first-order valence-corrected chi connectivity index (χ1v) is 9.94. The average molecular weight is 424 g/mol. The van der Waals surface area contributed by atoms with Gasteiger partial charge in [0.05, 0.1) is 0 Å². The fourth-order valence-corrected chi connectivity index (χ4v) is 2.48. The van der Waals surface area contributed by atoms with Crippen LogP contribution in [0.1, 0.15) is 25.0 Å². The van der Waals surface area contributed by atoms with E-state index in [4.69, 9.17) is 18.9 Å². The van der Waals surface area contributed by atoms with Crippen molar-refractivity contribution < 1.29 is 28.5 Å². The lowest BCUT2D eigenvalue weighted by atomic mass is 10.0. The molecule has 0 fully saturated rings. The molecule has 0 saturated carbocycles. The summed E-state index contributed by atoms with van der Waals surface area (Å²) in [6.45, 7) is 11.2. The minimum Gasteiger partial charge on any atom is -0.490 e. The van der Waals surface area contributed by atoms with Crippen molar-refractivity contribution in [2.75, 3.05) is 26.4 Å². The molecule has 0 unspecified atom stereocenters. The van der Waals surface area contributed by atoms with E-state index in [1.165, 1.54) is 0 Å². The van der Waals surface area contributed by atoms with E-state index in [-0.39, 0.29) is 26.4 Å². The molecule has 0 aliphatic carbocycles. The smallest absolute Gasteiger partial charge is 0.333 e. The molecule has 0 radical (unpaired) electrons. The first-order chi connectivity index (χ1) is 14.8. The van der Waals surface area contributed by atoms with Gasteiger partial charge in [-0.2, -0.15) is 0 Å². The fourth-order valence-electron chi connectivity index (χ4n) is 2.48.